The molecule has 0 saturated heterocycles. The molecule has 0 radical (unpaired) electrons. The van der Waals surface area contributed by atoms with Gasteiger partial charge in [-0.3, -0.25) is 10.1 Å². The summed E-state index contributed by atoms with van der Waals surface area (Å²) in [6.07, 6.45) is -0.324. The van der Waals surface area contributed by atoms with E-state index in [-0.39, 0.29) is 23.0 Å². The number of nitro groups is 1. The third kappa shape index (κ3) is 5.07. The number of rotatable bonds is 7. The molecule has 0 bridgehead atoms. The molecule has 0 amide bonds. The van der Waals surface area contributed by atoms with Gasteiger partial charge in [0.05, 0.1) is 15.9 Å². The van der Waals surface area contributed by atoms with Crippen molar-refractivity contribution in [2.75, 3.05) is 6.54 Å². The van der Waals surface area contributed by atoms with E-state index in [9.17, 15) is 23.6 Å². The normalized spacial score (nSPS) is 13.4. The van der Waals surface area contributed by atoms with Crippen LogP contribution in [0.4, 0.5) is 5.69 Å². The molecule has 0 aliphatic heterocycles. The molecular weight excluding hydrogens is 296 g/mol. The summed E-state index contributed by atoms with van der Waals surface area (Å²) in [4.78, 5) is 9.94. The maximum atomic E-state index is 12.2. The van der Waals surface area contributed by atoms with Gasteiger partial charge < -0.3 is 5.11 Å². The Kier molecular flexibility index (Phi) is 5.82. The summed E-state index contributed by atoms with van der Waals surface area (Å²) in [5.41, 5.74) is 0.121. The number of hydrogen-bond donors (Lipinski definition) is 2. The van der Waals surface area contributed by atoms with Gasteiger partial charge in [-0.2, -0.15) is 0 Å². The standard InChI is InChI=1S/C13H20N2O5S/c1-9(2)6-12(16)8-14-21(19,20)13-7-11(15(17)18)5-4-10(13)3/h4-5,7,9,12,14,16H,6,8H2,1-3H3. The van der Waals surface area contributed by atoms with E-state index in [4.69, 9.17) is 0 Å². The van der Waals surface area contributed by atoms with Gasteiger partial charge in [-0.15, -0.1) is 0 Å². The van der Waals surface area contributed by atoms with Crippen molar-refractivity contribution in [3.8, 4) is 0 Å². The number of hydrogen-bond acceptors (Lipinski definition) is 5. The van der Waals surface area contributed by atoms with Crippen molar-refractivity contribution in [1.82, 2.24) is 4.72 Å². The number of non-ortho nitro benzene ring substituents is 1. The Labute approximate surface area is 124 Å². The Balaban J connectivity index is 2.92. The highest BCUT2D eigenvalue weighted by Crippen LogP contribution is 2.21. The maximum Gasteiger partial charge on any atom is 0.270 e. The quantitative estimate of drug-likeness (QED) is 0.586. The second kappa shape index (κ2) is 6.97. The highest BCUT2D eigenvalue weighted by atomic mass is 32.2. The van der Waals surface area contributed by atoms with Crippen LogP contribution in [0.2, 0.25) is 0 Å². The Morgan fingerprint density at radius 3 is 2.52 bits per heavy atom. The van der Waals surface area contributed by atoms with Crippen LogP contribution in [0.1, 0.15) is 25.8 Å². The fourth-order valence-corrected chi connectivity index (χ4v) is 3.24. The zero-order valence-corrected chi connectivity index (χ0v) is 13.1. The van der Waals surface area contributed by atoms with Crippen molar-refractivity contribution >= 4 is 15.7 Å². The first kappa shape index (κ1) is 17.5. The highest BCUT2D eigenvalue weighted by Gasteiger charge is 2.21. The first-order valence-corrected chi connectivity index (χ1v) is 8.04. The number of nitro benzene ring substituents is 1. The highest BCUT2D eigenvalue weighted by molar-refractivity contribution is 7.89. The van der Waals surface area contributed by atoms with Gasteiger partial charge in [-0.1, -0.05) is 19.9 Å². The van der Waals surface area contributed by atoms with Crippen molar-refractivity contribution in [2.24, 2.45) is 5.92 Å². The molecule has 0 aliphatic carbocycles. The minimum Gasteiger partial charge on any atom is -0.392 e. The average Bonchev–Trinajstić information content (AvgIpc) is 2.35. The lowest BCUT2D eigenvalue weighted by atomic mass is 10.1. The lowest BCUT2D eigenvalue weighted by Crippen LogP contribution is -2.33. The molecule has 7 nitrogen and oxygen atoms in total. The Hall–Kier alpha value is -1.51. The number of nitrogens with one attached hydrogen (secondary N) is 1. The van der Waals surface area contributed by atoms with Crippen LogP contribution in [0.25, 0.3) is 0 Å². The average molecular weight is 316 g/mol. The van der Waals surface area contributed by atoms with E-state index in [1.165, 1.54) is 12.1 Å². The first-order chi connectivity index (χ1) is 9.63. The molecule has 0 heterocycles. The molecule has 118 valence electrons. The van der Waals surface area contributed by atoms with E-state index < -0.39 is 21.1 Å². The van der Waals surface area contributed by atoms with Crippen LogP contribution in [0.15, 0.2) is 23.1 Å². The molecular formula is C13H20N2O5S. The molecule has 0 spiro atoms. The summed E-state index contributed by atoms with van der Waals surface area (Å²) in [7, 11) is -3.89. The number of sulfonamides is 1. The van der Waals surface area contributed by atoms with Crippen LogP contribution in [-0.4, -0.2) is 31.1 Å². The zero-order chi connectivity index (χ0) is 16.2. The zero-order valence-electron chi connectivity index (χ0n) is 12.2. The largest absolute Gasteiger partial charge is 0.392 e. The Bertz CT molecular complexity index is 613. The number of aryl methyl sites for hydroxylation is 1. The van der Waals surface area contributed by atoms with E-state index in [0.29, 0.717) is 12.0 Å². The van der Waals surface area contributed by atoms with Crippen LogP contribution in [0, 0.1) is 23.0 Å². The molecule has 0 saturated carbocycles. The van der Waals surface area contributed by atoms with Gasteiger partial charge in [0.2, 0.25) is 10.0 Å². The summed E-state index contributed by atoms with van der Waals surface area (Å²) in [6, 6.07) is 3.66. The van der Waals surface area contributed by atoms with E-state index in [1.54, 1.807) is 6.92 Å². The second-order valence-corrected chi connectivity index (χ2v) is 7.08. The SMILES string of the molecule is Cc1ccc([N+](=O)[O-])cc1S(=O)(=O)NCC(O)CC(C)C. The maximum absolute atomic E-state index is 12.2. The summed E-state index contributed by atoms with van der Waals surface area (Å²) in [5.74, 6) is 0.240. The third-order valence-corrected chi connectivity index (χ3v) is 4.49. The Morgan fingerprint density at radius 2 is 2.00 bits per heavy atom. The second-order valence-electron chi connectivity index (χ2n) is 5.34. The molecule has 2 N–H and O–H groups in total. The fraction of sp³-hybridized carbons (Fsp3) is 0.538. The number of aliphatic hydroxyl groups is 1. The lowest BCUT2D eigenvalue weighted by Gasteiger charge is -2.14. The van der Waals surface area contributed by atoms with Crippen molar-refractivity contribution in [2.45, 2.75) is 38.2 Å². The summed E-state index contributed by atoms with van der Waals surface area (Å²) < 4.78 is 26.6. The Morgan fingerprint density at radius 1 is 1.38 bits per heavy atom. The van der Waals surface area contributed by atoms with E-state index in [0.717, 1.165) is 6.07 Å². The molecule has 8 heteroatoms. The predicted molar refractivity (Wildman–Crippen MR) is 78.5 cm³/mol. The van der Waals surface area contributed by atoms with Gasteiger partial charge >= 0.3 is 0 Å². The summed E-state index contributed by atoms with van der Waals surface area (Å²) in [6.45, 7) is 5.27. The number of benzene rings is 1. The van der Waals surface area contributed by atoms with Gasteiger partial charge in [0.15, 0.2) is 0 Å². The topological polar surface area (TPSA) is 110 Å². The molecule has 21 heavy (non-hydrogen) atoms. The van der Waals surface area contributed by atoms with Crippen LogP contribution in [0.5, 0.6) is 0 Å². The van der Waals surface area contributed by atoms with Crippen molar-refractivity contribution in [1.29, 1.82) is 0 Å². The van der Waals surface area contributed by atoms with Crippen LogP contribution in [0.3, 0.4) is 0 Å². The smallest absolute Gasteiger partial charge is 0.270 e. The minimum atomic E-state index is -3.89. The van der Waals surface area contributed by atoms with E-state index >= 15 is 0 Å². The molecule has 0 fully saturated rings. The van der Waals surface area contributed by atoms with Crippen molar-refractivity contribution < 1.29 is 18.4 Å². The number of nitrogens with zero attached hydrogens (tertiary/aromatic N) is 1. The van der Waals surface area contributed by atoms with Crippen molar-refractivity contribution in [3.05, 3.63) is 33.9 Å². The van der Waals surface area contributed by atoms with Crippen molar-refractivity contribution in [3.63, 3.8) is 0 Å². The minimum absolute atomic E-state index is 0.122. The van der Waals surface area contributed by atoms with Crippen LogP contribution >= 0.6 is 0 Å². The third-order valence-electron chi connectivity index (χ3n) is 2.92. The molecule has 0 aliphatic rings. The van der Waals surface area contributed by atoms with Gasteiger partial charge in [0, 0.05) is 18.7 Å². The van der Waals surface area contributed by atoms with Gasteiger partial charge in [-0.05, 0) is 24.8 Å². The molecule has 1 unspecified atom stereocenters. The van der Waals surface area contributed by atoms with Crippen LogP contribution in [-0.2, 0) is 10.0 Å². The molecule has 1 aromatic carbocycles. The summed E-state index contributed by atoms with van der Waals surface area (Å²) in [5, 5.41) is 20.4. The summed E-state index contributed by atoms with van der Waals surface area (Å²) >= 11 is 0. The first-order valence-electron chi connectivity index (χ1n) is 6.56. The van der Waals surface area contributed by atoms with Crippen LogP contribution < -0.4 is 4.72 Å². The number of aliphatic hydroxyl groups excluding tert-OH is 1. The molecule has 0 aromatic heterocycles. The molecule has 1 aromatic rings. The lowest BCUT2D eigenvalue weighted by molar-refractivity contribution is -0.385. The van der Waals surface area contributed by atoms with E-state index in [1.807, 2.05) is 13.8 Å². The molecule has 1 rings (SSSR count). The van der Waals surface area contributed by atoms with Gasteiger partial charge in [-0.25, -0.2) is 13.1 Å². The van der Waals surface area contributed by atoms with E-state index in [2.05, 4.69) is 4.72 Å². The monoisotopic (exact) mass is 316 g/mol. The fourth-order valence-electron chi connectivity index (χ4n) is 1.90. The molecule has 1 atom stereocenters. The predicted octanol–water partition coefficient (Wildman–Crippen LogP) is 1.59. The van der Waals surface area contributed by atoms with Gasteiger partial charge in [0.1, 0.15) is 0 Å². The van der Waals surface area contributed by atoms with Gasteiger partial charge in [0.25, 0.3) is 5.69 Å².